The van der Waals surface area contributed by atoms with E-state index >= 15 is 0 Å². The number of fused-ring (bicyclic) bond motifs is 1. The summed E-state index contributed by atoms with van der Waals surface area (Å²) in [7, 11) is 0. The average molecular weight is 379 g/mol. The van der Waals surface area contributed by atoms with E-state index in [-0.39, 0.29) is 29.2 Å². The van der Waals surface area contributed by atoms with E-state index in [4.69, 9.17) is 4.74 Å². The van der Waals surface area contributed by atoms with Gasteiger partial charge >= 0.3 is 0 Å². The number of nitrogens with one attached hydrogen (secondary N) is 1. The molecule has 28 heavy (non-hydrogen) atoms. The lowest BCUT2D eigenvalue weighted by molar-refractivity contribution is 0.0921. The summed E-state index contributed by atoms with van der Waals surface area (Å²) in [5.41, 5.74) is 1.16. The van der Waals surface area contributed by atoms with Gasteiger partial charge in [0.2, 0.25) is 0 Å². The number of aromatic nitrogens is 2. The van der Waals surface area contributed by atoms with Crippen molar-refractivity contribution in [1.82, 2.24) is 15.1 Å². The van der Waals surface area contributed by atoms with Gasteiger partial charge in [-0.1, -0.05) is 30.3 Å². The lowest BCUT2D eigenvalue weighted by Crippen LogP contribution is -2.38. The Balaban J connectivity index is 1.81. The molecule has 0 saturated heterocycles. The van der Waals surface area contributed by atoms with E-state index in [1.165, 1.54) is 4.68 Å². The summed E-state index contributed by atoms with van der Waals surface area (Å²) in [6.07, 6.45) is 0. The lowest BCUT2D eigenvalue weighted by atomic mass is 10.1. The molecule has 0 fully saturated rings. The van der Waals surface area contributed by atoms with Crippen LogP contribution in [0, 0.1) is 6.92 Å². The first-order valence-electron chi connectivity index (χ1n) is 9.38. The number of ether oxygens (including phenoxy) is 1. The number of hydrogen-bond acceptors (Lipinski definition) is 4. The van der Waals surface area contributed by atoms with Gasteiger partial charge in [-0.25, -0.2) is 4.68 Å². The smallest absolute Gasteiger partial charge is 0.274 e. The third-order valence-electron chi connectivity index (χ3n) is 4.40. The second kappa shape index (κ2) is 8.25. The number of carbonyl (C=O) groups excluding carboxylic acids is 1. The SMILES string of the molecule is Cc1cccc(OCC(C)NC(=O)c2nn(C(C)C)c(=O)c3ccccc23)c1. The molecular weight excluding hydrogens is 354 g/mol. The van der Waals surface area contributed by atoms with Crippen LogP contribution in [0.25, 0.3) is 10.8 Å². The number of rotatable bonds is 6. The molecule has 0 aliphatic rings. The van der Waals surface area contributed by atoms with Crippen LogP contribution in [0.5, 0.6) is 5.75 Å². The molecule has 0 aliphatic heterocycles. The largest absolute Gasteiger partial charge is 0.491 e. The normalized spacial score (nSPS) is 12.2. The highest BCUT2D eigenvalue weighted by Gasteiger charge is 2.19. The van der Waals surface area contributed by atoms with Crippen LogP contribution in [0.2, 0.25) is 0 Å². The van der Waals surface area contributed by atoms with E-state index in [9.17, 15) is 9.59 Å². The molecule has 0 radical (unpaired) electrons. The van der Waals surface area contributed by atoms with Crippen molar-refractivity contribution in [3.63, 3.8) is 0 Å². The van der Waals surface area contributed by atoms with Crippen LogP contribution in [0.15, 0.2) is 53.3 Å². The summed E-state index contributed by atoms with van der Waals surface area (Å²) >= 11 is 0. The first-order valence-corrected chi connectivity index (χ1v) is 9.38. The molecule has 1 atom stereocenters. The van der Waals surface area contributed by atoms with Gasteiger partial charge in [0.25, 0.3) is 11.5 Å². The first-order chi connectivity index (χ1) is 13.4. The second-order valence-corrected chi connectivity index (χ2v) is 7.24. The third-order valence-corrected chi connectivity index (χ3v) is 4.40. The average Bonchev–Trinajstić information content (AvgIpc) is 2.66. The van der Waals surface area contributed by atoms with Crippen molar-refractivity contribution in [2.75, 3.05) is 6.61 Å². The summed E-state index contributed by atoms with van der Waals surface area (Å²) in [4.78, 5) is 25.5. The quantitative estimate of drug-likeness (QED) is 0.712. The maximum atomic E-state index is 12.9. The Morgan fingerprint density at radius 1 is 1.11 bits per heavy atom. The van der Waals surface area contributed by atoms with Crippen LogP contribution < -0.4 is 15.6 Å². The van der Waals surface area contributed by atoms with Crippen LogP contribution in [0.1, 0.15) is 42.9 Å². The van der Waals surface area contributed by atoms with E-state index in [1.54, 1.807) is 24.3 Å². The van der Waals surface area contributed by atoms with Gasteiger partial charge in [-0.05, 0) is 51.5 Å². The second-order valence-electron chi connectivity index (χ2n) is 7.24. The van der Waals surface area contributed by atoms with Gasteiger partial charge in [0.15, 0.2) is 5.69 Å². The van der Waals surface area contributed by atoms with Gasteiger partial charge in [-0.3, -0.25) is 9.59 Å². The monoisotopic (exact) mass is 379 g/mol. The van der Waals surface area contributed by atoms with Gasteiger partial charge < -0.3 is 10.1 Å². The number of carbonyl (C=O) groups is 1. The summed E-state index contributed by atoms with van der Waals surface area (Å²) in [6.45, 7) is 7.93. The molecule has 6 heteroatoms. The number of benzene rings is 2. The Labute approximate surface area is 164 Å². The number of hydrogen-bond donors (Lipinski definition) is 1. The van der Waals surface area contributed by atoms with Gasteiger partial charge in [-0.2, -0.15) is 5.10 Å². The Morgan fingerprint density at radius 3 is 2.50 bits per heavy atom. The molecule has 1 N–H and O–H groups in total. The lowest BCUT2D eigenvalue weighted by Gasteiger charge is -2.17. The Morgan fingerprint density at radius 2 is 1.82 bits per heavy atom. The Kier molecular flexibility index (Phi) is 5.78. The fraction of sp³-hybridized carbons (Fsp3) is 0.318. The molecule has 3 aromatic rings. The van der Waals surface area contributed by atoms with Gasteiger partial charge in [0.05, 0.1) is 17.5 Å². The number of amides is 1. The maximum Gasteiger partial charge on any atom is 0.274 e. The molecule has 6 nitrogen and oxygen atoms in total. The van der Waals surface area contributed by atoms with Crippen LogP contribution in [0.3, 0.4) is 0 Å². The van der Waals surface area contributed by atoms with Crippen LogP contribution in [0.4, 0.5) is 0 Å². The highest BCUT2D eigenvalue weighted by atomic mass is 16.5. The molecule has 1 heterocycles. The fourth-order valence-corrected chi connectivity index (χ4v) is 2.98. The van der Waals surface area contributed by atoms with Crippen molar-refractivity contribution in [1.29, 1.82) is 0 Å². The molecule has 0 bridgehead atoms. The Bertz CT molecular complexity index is 1060. The molecule has 3 rings (SSSR count). The summed E-state index contributed by atoms with van der Waals surface area (Å²) < 4.78 is 7.12. The highest BCUT2D eigenvalue weighted by Crippen LogP contribution is 2.15. The first kappa shape index (κ1) is 19.6. The van der Waals surface area contributed by atoms with Gasteiger partial charge in [0.1, 0.15) is 12.4 Å². The predicted molar refractivity (Wildman–Crippen MR) is 110 cm³/mol. The molecule has 146 valence electrons. The minimum absolute atomic E-state index is 0.147. The number of aryl methyl sites for hydroxylation is 1. The van der Waals surface area contributed by atoms with Crippen molar-refractivity contribution in [3.05, 3.63) is 70.1 Å². The molecule has 0 spiro atoms. The van der Waals surface area contributed by atoms with Gasteiger partial charge in [0, 0.05) is 5.39 Å². The Hall–Kier alpha value is -3.15. The zero-order valence-corrected chi connectivity index (χ0v) is 16.6. The maximum absolute atomic E-state index is 12.9. The zero-order valence-electron chi connectivity index (χ0n) is 16.6. The van der Waals surface area contributed by atoms with E-state index in [0.717, 1.165) is 11.3 Å². The van der Waals surface area contributed by atoms with E-state index in [2.05, 4.69) is 10.4 Å². The molecule has 2 aromatic carbocycles. The van der Waals surface area contributed by atoms with Gasteiger partial charge in [-0.15, -0.1) is 0 Å². The molecule has 1 aromatic heterocycles. The zero-order chi connectivity index (χ0) is 20.3. The third kappa shape index (κ3) is 4.22. The summed E-state index contributed by atoms with van der Waals surface area (Å²) in [5.74, 6) is 0.434. The van der Waals surface area contributed by atoms with Crippen LogP contribution >= 0.6 is 0 Å². The standard InChI is InChI=1S/C22H25N3O3/c1-14(2)25-22(27)19-11-6-5-10-18(19)20(24-25)21(26)23-16(4)13-28-17-9-7-8-15(3)12-17/h5-12,14,16H,13H2,1-4H3,(H,23,26). The van der Waals surface area contributed by atoms with Crippen molar-refractivity contribution in [2.45, 2.75) is 39.8 Å². The topological polar surface area (TPSA) is 73.2 Å². The molecule has 1 unspecified atom stereocenters. The summed E-state index contributed by atoms with van der Waals surface area (Å²) in [5, 5.41) is 8.29. The minimum atomic E-state index is -0.328. The summed E-state index contributed by atoms with van der Waals surface area (Å²) in [6, 6.07) is 14.4. The highest BCUT2D eigenvalue weighted by molar-refractivity contribution is 6.04. The van der Waals surface area contributed by atoms with Crippen molar-refractivity contribution in [3.8, 4) is 5.75 Å². The fourth-order valence-electron chi connectivity index (χ4n) is 2.98. The molecule has 0 saturated carbocycles. The van der Waals surface area contributed by atoms with Crippen molar-refractivity contribution in [2.24, 2.45) is 0 Å². The molecule has 0 aliphatic carbocycles. The van der Waals surface area contributed by atoms with Crippen molar-refractivity contribution >= 4 is 16.7 Å². The van der Waals surface area contributed by atoms with E-state index in [0.29, 0.717) is 17.4 Å². The predicted octanol–water partition coefficient (Wildman–Crippen LogP) is 3.48. The molecule has 1 amide bonds. The minimum Gasteiger partial charge on any atom is -0.491 e. The van der Waals surface area contributed by atoms with E-state index < -0.39 is 0 Å². The van der Waals surface area contributed by atoms with E-state index in [1.807, 2.05) is 52.0 Å². The van der Waals surface area contributed by atoms with Crippen LogP contribution in [-0.2, 0) is 0 Å². The van der Waals surface area contributed by atoms with Crippen molar-refractivity contribution < 1.29 is 9.53 Å². The number of nitrogens with zero attached hydrogens (tertiary/aromatic N) is 2. The molecular formula is C22H25N3O3. The van der Waals surface area contributed by atoms with Crippen LogP contribution in [-0.4, -0.2) is 28.3 Å².